The number of aryl methyl sites for hydroxylation is 1. The Labute approximate surface area is 200 Å². The van der Waals surface area contributed by atoms with Gasteiger partial charge in [0.1, 0.15) is 5.69 Å². The van der Waals surface area contributed by atoms with E-state index >= 15 is 0 Å². The highest BCUT2D eigenvalue weighted by Crippen LogP contribution is 2.44. The molecule has 1 atom stereocenters. The summed E-state index contributed by atoms with van der Waals surface area (Å²) in [6.45, 7) is 1.61. The summed E-state index contributed by atoms with van der Waals surface area (Å²) in [5.74, 6) is 0.793. The third kappa shape index (κ3) is 3.11. The fraction of sp³-hybridized carbons (Fsp3) is 0.400. The molecule has 4 nitrogen and oxygen atoms in total. The summed E-state index contributed by atoms with van der Waals surface area (Å²) in [5.41, 5.74) is 7.23. The maximum atomic E-state index is 13.7. The molecule has 1 fully saturated rings. The van der Waals surface area contributed by atoms with E-state index in [2.05, 4.69) is 27.7 Å². The summed E-state index contributed by atoms with van der Waals surface area (Å²) in [4.78, 5) is 20.5. The second-order valence-corrected chi connectivity index (χ2v) is 10.4. The van der Waals surface area contributed by atoms with Crippen molar-refractivity contribution in [1.82, 2.24) is 14.5 Å². The molecule has 2 aromatic heterocycles. The molecule has 0 radical (unpaired) electrons. The third-order valence-corrected chi connectivity index (χ3v) is 8.55. The van der Waals surface area contributed by atoms with Gasteiger partial charge in [-0.3, -0.25) is 4.79 Å². The van der Waals surface area contributed by atoms with E-state index in [9.17, 15) is 4.79 Å². The smallest absolute Gasteiger partial charge is 0.273 e. The van der Waals surface area contributed by atoms with Crippen molar-refractivity contribution in [1.29, 1.82) is 0 Å². The highest BCUT2D eigenvalue weighted by Gasteiger charge is 2.37. The SMILES string of the molecule is O=C(c1ccc2ccccc2n1)N1CCn2c3c(c4cc(C5CCCCC5)ccc42)CCCC31. The van der Waals surface area contributed by atoms with Gasteiger partial charge in [0.15, 0.2) is 0 Å². The Hall–Kier alpha value is -3.14. The quantitative estimate of drug-likeness (QED) is 0.339. The number of nitrogens with zero attached hydrogens (tertiary/aromatic N) is 3. The van der Waals surface area contributed by atoms with Gasteiger partial charge in [0.05, 0.1) is 11.6 Å². The van der Waals surface area contributed by atoms with E-state index in [1.165, 1.54) is 59.8 Å². The van der Waals surface area contributed by atoms with Gasteiger partial charge in [0.25, 0.3) is 5.91 Å². The number of amides is 1. The van der Waals surface area contributed by atoms with Crippen LogP contribution in [0, 0.1) is 0 Å². The molecule has 4 aromatic rings. The number of rotatable bonds is 2. The number of benzene rings is 2. The topological polar surface area (TPSA) is 38.1 Å². The molecule has 34 heavy (non-hydrogen) atoms. The van der Waals surface area contributed by atoms with Crippen LogP contribution in [0.5, 0.6) is 0 Å². The maximum absolute atomic E-state index is 13.7. The number of carbonyl (C=O) groups excluding carboxylic acids is 1. The molecular formula is C30H31N3O. The Morgan fingerprint density at radius 2 is 1.76 bits per heavy atom. The molecule has 2 aliphatic carbocycles. The summed E-state index contributed by atoms with van der Waals surface area (Å²) in [5, 5.41) is 2.52. The number of para-hydroxylation sites is 1. The van der Waals surface area contributed by atoms with Crippen molar-refractivity contribution in [2.45, 2.75) is 69.9 Å². The van der Waals surface area contributed by atoms with E-state index in [-0.39, 0.29) is 11.9 Å². The van der Waals surface area contributed by atoms with E-state index < -0.39 is 0 Å². The van der Waals surface area contributed by atoms with Gasteiger partial charge in [-0.1, -0.05) is 49.6 Å². The first-order chi connectivity index (χ1) is 16.8. The molecule has 1 aliphatic heterocycles. The highest BCUT2D eigenvalue weighted by molar-refractivity contribution is 5.96. The van der Waals surface area contributed by atoms with Gasteiger partial charge in [-0.05, 0) is 73.4 Å². The molecule has 1 unspecified atom stereocenters. The maximum Gasteiger partial charge on any atom is 0.273 e. The first kappa shape index (κ1) is 20.3. The molecule has 4 heteroatoms. The molecule has 3 heterocycles. The van der Waals surface area contributed by atoms with Crippen LogP contribution < -0.4 is 0 Å². The molecule has 0 saturated heterocycles. The van der Waals surface area contributed by atoms with Crippen LogP contribution in [0.2, 0.25) is 0 Å². The largest absolute Gasteiger partial charge is 0.341 e. The van der Waals surface area contributed by atoms with E-state index in [1.54, 1.807) is 0 Å². The molecule has 0 N–H and O–H groups in total. The Morgan fingerprint density at radius 1 is 0.882 bits per heavy atom. The number of fused-ring (bicyclic) bond motifs is 4. The minimum atomic E-state index is 0.0722. The van der Waals surface area contributed by atoms with Crippen molar-refractivity contribution < 1.29 is 4.79 Å². The summed E-state index contributed by atoms with van der Waals surface area (Å²) in [7, 11) is 0. The van der Waals surface area contributed by atoms with Crippen molar-refractivity contribution >= 4 is 27.7 Å². The van der Waals surface area contributed by atoms with Gasteiger partial charge >= 0.3 is 0 Å². The molecule has 1 amide bonds. The van der Waals surface area contributed by atoms with E-state index in [0.29, 0.717) is 5.69 Å². The standard InChI is InChI=1S/C30H31N3O/c34-30(26-15-13-21-9-4-5-11-25(21)31-26)33-18-17-32-27-16-14-22(20-7-2-1-3-8-20)19-24(27)23-10-6-12-28(33)29(23)32/h4-5,9,11,13-16,19-20,28H,1-3,6-8,10,12,17-18H2. The van der Waals surface area contributed by atoms with Gasteiger partial charge < -0.3 is 9.47 Å². The summed E-state index contributed by atoms with van der Waals surface area (Å²) >= 11 is 0. The van der Waals surface area contributed by atoms with Gasteiger partial charge in [0, 0.05) is 35.1 Å². The van der Waals surface area contributed by atoms with Gasteiger partial charge in [-0.2, -0.15) is 0 Å². The van der Waals surface area contributed by atoms with Crippen molar-refractivity contribution in [3.8, 4) is 0 Å². The number of hydrogen-bond acceptors (Lipinski definition) is 2. The van der Waals surface area contributed by atoms with Gasteiger partial charge in [0.2, 0.25) is 0 Å². The normalized spacial score (nSPS) is 20.6. The molecule has 0 bridgehead atoms. The predicted molar refractivity (Wildman–Crippen MR) is 136 cm³/mol. The fourth-order valence-electron chi connectivity index (χ4n) is 6.89. The monoisotopic (exact) mass is 449 g/mol. The number of carbonyl (C=O) groups is 1. The van der Waals surface area contributed by atoms with Gasteiger partial charge in [-0.15, -0.1) is 0 Å². The van der Waals surface area contributed by atoms with Crippen molar-refractivity contribution in [2.75, 3.05) is 6.54 Å². The van der Waals surface area contributed by atoms with Crippen LogP contribution in [0.1, 0.15) is 84.2 Å². The summed E-state index contributed by atoms with van der Waals surface area (Å²) < 4.78 is 2.52. The van der Waals surface area contributed by atoms with E-state index in [1.807, 2.05) is 36.4 Å². The van der Waals surface area contributed by atoms with Crippen LogP contribution in [0.3, 0.4) is 0 Å². The average molecular weight is 450 g/mol. The second kappa shape index (κ2) is 7.97. The zero-order valence-electron chi connectivity index (χ0n) is 19.7. The lowest BCUT2D eigenvalue weighted by atomic mass is 9.83. The number of pyridine rings is 1. The average Bonchev–Trinajstić information content (AvgIpc) is 3.23. The lowest BCUT2D eigenvalue weighted by Gasteiger charge is -2.39. The molecule has 2 aromatic carbocycles. The van der Waals surface area contributed by atoms with Crippen molar-refractivity contribution in [3.05, 3.63) is 77.1 Å². The van der Waals surface area contributed by atoms with Crippen LogP contribution in [-0.2, 0) is 13.0 Å². The van der Waals surface area contributed by atoms with Crippen molar-refractivity contribution in [2.24, 2.45) is 0 Å². The van der Waals surface area contributed by atoms with Crippen molar-refractivity contribution in [3.63, 3.8) is 0 Å². The third-order valence-electron chi connectivity index (χ3n) is 8.55. The molecule has 3 aliphatic rings. The Morgan fingerprint density at radius 3 is 2.68 bits per heavy atom. The molecule has 0 spiro atoms. The van der Waals surface area contributed by atoms with E-state index in [0.717, 1.165) is 49.2 Å². The molecule has 7 rings (SSSR count). The van der Waals surface area contributed by atoms with Crippen LogP contribution >= 0.6 is 0 Å². The zero-order chi connectivity index (χ0) is 22.6. The first-order valence-corrected chi connectivity index (χ1v) is 13.1. The second-order valence-electron chi connectivity index (χ2n) is 10.4. The summed E-state index contributed by atoms with van der Waals surface area (Å²) in [6.07, 6.45) is 10.1. The van der Waals surface area contributed by atoms with E-state index in [4.69, 9.17) is 4.98 Å². The Kier molecular flexibility index (Phi) is 4.75. The molecule has 1 saturated carbocycles. The fourth-order valence-corrected chi connectivity index (χ4v) is 6.89. The Balaban J connectivity index is 1.27. The van der Waals surface area contributed by atoms with Crippen LogP contribution in [0.25, 0.3) is 21.8 Å². The minimum Gasteiger partial charge on any atom is -0.341 e. The number of aromatic nitrogens is 2. The summed E-state index contributed by atoms with van der Waals surface area (Å²) in [6, 6.07) is 19.4. The minimum absolute atomic E-state index is 0.0722. The first-order valence-electron chi connectivity index (χ1n) is 13.1. The van der Waals surface area contributed by atoms with Crippen LogP contribution in [0.15, 0.2) is 54.6 Å². The predicted octanol–water partition coefficient (Wildman–Crippen LogP) is 6.77. The lowest BCUT2D eigenvalue weighted by molar-refractivity contribution is 0.0595. The van der Waals surface area contributed by atoms with Crippen LogP contribution in [0.4, 0.5) is 0 Å². The molecular weight excluding hydrogens is 418 g/mol. The van der Waals surface area contributed by atoms with Crippen LogP contribution in [-0.4, -0.2) is 26.9 Å². The highest BCUT2D eigenvalue weighted by atomic mass is 16.2. The zero-order valence-corrected chi connectivity index (χ0v) is 19.7. The van der Waals surface area contributed by atoms with Gasteiger partial charge in [-0.25, -0.2) is 4.98 Å². The number of hydrogen-bond donors (Lipinski definition) is 0. The lowest BCUT2D eigenvalue weighted by Crippen LogP contribution is -2.43. The Bertz CT molecular complexity index is 1410. The molecule has 172 valence electrons.